The Bertz CT molecular complexity index is 1090. The molecule has 1 aliphatic heterocycles. The van der Waals surface area contributed by atoms with Gasteiger partial charge in [-0.05, 0) is 58.5 Å². The fraction of sp³-hybridized carbons (Fsp3) is 0.240. The van der Waals surface area contributed by atoms with Crippen LogP contribution in [0.1, 0.15) is 29.5 Å². The number of alkyl halides is 1. The summed E-state index contributed by atoms with van der Waals surface area (Å²) < 4.78 is 13.3. The molecule has 1 amide bonds. The third-order valence-corrected chi connectivity index (χ3v) is 5.91. The number of anilines is 1. The van der Waals surface area contributed by atoms with Crippen LogP contribution in [-0.4, -0.2) is 30.1 Å². The van der Waals surface area contributed by atoms with Crippen LogP contribution < -0.4 is 5.32 Å². The number of likely N-dealkylation sites (tertiary alicyclic amines) is 1. The van der Waals surface area contributed by atoms with Crippen LogP contribution in [0.3, 0.4) is 0 Å². The van der Waals surface area contributed by atoms with E-state index in [0.717, 1.165) is 47.2 Å². The molecule has 0 aromatic heterocycles. The van der Waals surface area contributed by atoms with Gasteiger partial charge in [-0.3, -0.25) is 9.69 Å². The van der Waals surface area contributed by atoms with Gasteiger partial charge in [0, 0.05) is 30.9 Å². The van der Waals surface area contributed by atoms with Crippen molar-refractivity contribution in [2.75, 3.05) is 18.4 Å². The second kappa shape index (κ2) is 7.45. The number of piperidine rings is 1. The largest absolute Gasteiger partial charge is 0.322 e. The van der Waals surface area contributed by atoms with Gasteiger partial charge < -0.3 is 5.32 Å². The van der Waals surface area contributed by atoms with Crippen LogP contribution in [0.4, 0.5) is 10.1 Å². The Labute approximate surface area is 169 Å². The second-order valence-corrected chi connectivity index (χ2v) is 7.91. The van der Waals surface area contributed by atoms with E-state index < -0.39 is 6.17 Å². The standard InChI is InChI=1S/C25H23FN2O/c26-20-11-13-28(14-12-20)16-17-7-9-21(10-8-17)27-25(29)23-15-19-5-1-3-18-4-2-6-22(23)24(18)19/h1-10,15,20H,11-14,16H2,(H,27,29). The van der Waals surface area contributed by atoms with Gasteiger partial charge >= 0.3 is 0 Å². The minimum absolute atomic E-state index is 0.0912. The summed E-state index contributed by atoms with van der Waals surface area (Å²) in [7, 11) is 0. The quantitative estimate of drug-likeness (QED) is 0.663. The molecule has 0 spiro atoms. The Hall–Kier alpha value is -2.98. The lowest BCUT2D eigenvalue weighted by Crippen LogP contribution is -2.33. The molecule has 0 unspecified atom stereocenters. The van der Waals surface area contributed by atoms with Gasteiger partial charge in [0.05, 0.1) is 0 Å². The molecule has 1 N–H and O–H groups in total. The zero-order valence-electron chi connectivity index (χ0n) is 16.2. The first kappa shape index (κ1) is 18.1. The van der Waals surface area contributed by atoms with Crippen molar-refractivity contribution in [3.63, 3.8) is 0 Å². The topological polar surface area (TPSA) is 32.3 Å². The fourth-order valence-electron chi connectivity index (χ4n) is 4.35. The monoisotopic (exact) mass is 386 g/mol. The SMILES string of the molecule is O=C(Nc1ccc(CN2CCC(F)CC2)cc1)C1=Cc2cccc3cccc1c23. The molecule has 146 valence electrons. The molecule has 5 rings (SSSR count). The van der Waals surface area contributed by atoms with Crippen LogP contribution >= 0.6 is 0 Å². The third kappa shape index (κ3) is 3.56. The molecule has 3 aromatic rings. The van der Waals surface area contributed by atoms with Gasteiger partial charge in [0.25, 0.3) is 5.91 Å². The van der Waals surface area contributed by atoms with Crippen molar-refractivity contribution in [3.05, 3.63) is 77.4 Å². The average molecular weight is 386 g/mol. The number of benzene rings is 3. The number of halogens is 1. The molecule has 0 saturated carbocycles. The van der Waals surface area contributed by atoms with E-state index in [2.05, 4.69) is 22.3 Å². The summed E-state index contributed by atoms with van der Waals surface area (Å²) >= 11 is 0. The predicted molar refractivity (Wildman–Crippen MR) is 116 cm³/mol. The Morgan fingerprint density at radius 2 is 1.72 bits per heavy atom. The van der Waals surface area contributed by atoms with Gasteiger partial charge in [-0.25, -0.2) is 4.39 Å². The molecule has 0 atom stereocenters. The first-order chi connectivity index (χ1) is 14.2. The Morgan fingerprint density at radius 3 is 2.48 bits per heavy atom. The first-order valence-electron chi connectivity index (χ1n) is 10.2. The van der Waals surface area contributed by atoms with Crippen molar-refractivity contribution in [1.82, 2.24) is 4.90 Å². The number of amides is 1. The van der Waals surface area contributed by atoms with E-state index in [1.807, 2.05) is 54.6 Å². The number of hydrogen-bond donors (Lipinski definition) is 1. The molecule has 0 bridgehead atoms. The molecule has 3 nitrogen and oxygen atoms in total. The highest BCUT2D eigenvalue weighted by Gasteiger charge is 2.22. The Balaban J connectivity index is 1.28. The minimum Gasteiger partial charge on any atom is -0.322 e. The van der Waals surface area contributed by atoms with Crippen LogP contribution in [0.5, 0.6) is 0 Å². The smallest absolute Gasteiger partial charge is 0.256 e. The lowest BCUT2D eigenvalue weighted by molar-refractivity contribution is -0.111. The third-order valence-electron chi connectivity index (χ3n) is 5.91. The highest BCUT2D eigenvalue weighted by molar-refractivity contribution is 6.34. The van der Waals surface area contributed by atoms with E-state index in [4.69, 9.17) is 0 Å². The zero-order valence-corrected chi connectivity index (χ0v) is 16.2. The molecule has 2 aliphatic rings. The molecule has 4 heteroatoms. The Morgan fingerprint density at radius 1 is 1.00 bits per heavy atom. The highest BCUT2D eigenvalue weighted by atomic mass is 19.1. The zero-order chi connectivity index (χ0) is 19.8. The lowest BCUT2D eigenvalue weighted by Gasteiger charge is -2.28. The number of carbonyl (C=O) groups excluding carboxylic acids is 1. The van der Waals surface area contributed by atoms with Crippen molar-refractivity contribution in [2.45, 2.75) is 25.6 Å². The van der Waals surface area contributed by atoms with Gasteiger partial charge in [0.2, 0.25) is 0 Å². The minimum atomic E-state index is -0.647. The summed E-state index contributed by atoms with van der Waals surface area (Å²) in [5, 5.41) is 5.33. The van der Waals surface area contributed by atoms with Gasteiger partial charge in [-0.15, -0.1) is 0 Å². The summed E-state index contributed by atoms with van der Waals surface area (Å²) in [6.07, 6.45) is 2.57. The van der Waals surface area contributed by atoms with Crippen LogP contribution in [-0.2, 0) is 11.3 Å². The number of rotatable bonds is 4. The molecular formula is C25H23FN2O. The molecule has 1 fully saturated rings. The number of carbonyl (C=O) groups is 1. The predicted octanol–water partition coefficient (Wildman–Crippen LogP) is 5.27. The summed E-state index contributed by atoms with van der Waals surface area (Å²) in [6, 6.07) is 20.2. The van der Waals surface area contributed by atoms with Crippen molar-refractivity contribution in [2.24, 2.45) is 0 Å². The van der Waals surface area contributed by atoms with Crippen LogP contribution in [0, 0.1) is 0 Å². The van der Waals surface area contributed by atoms with Crippen LogP contribution in [0.25, 0.3) is 22.4 Å². The summed E-state index contributed by atoms with van der Waals surface area (Å²) in [5.41, 5.74) is 4.75. The maximum absolute atomic E-state index is 13.3. The second-order valence-electron chi connectivity index (χ2n) is 7.91. The molecule has 1 heterocycles. The van der Waals surface area contributed by atoms with Crippen LogP contribution in [0.15, 0.2) is 60.7 Å². The van der Waals surface area contributed by atoms with Gasteiger partial charge in [-0.2, -0.15) is 0 Å². The molecule has 3 aromatic carbocycles. The van der Waals surface area contributed by atoms with Crippen molar-refractivity contribution < 1.29 is 9.18 Å². The summed E-state index contributed by atoms with van der Waals surface area (Å²) in [4.78, 5) is 15.2. The first-order valence-corrected chi connectivity index (χ1v) is 10.2. The van der Waals surface area contributed by atoms with Gasteiger partial charge in [-0.1, -0.05) is 48.5 Å². The molecule has 1 saturated heterocycles. The van der Waals surface area contributed by atoms with Crippen molar-refractivity contribution >= 4 is 34.0 Å². The van der Waals surface area contributed by atoms with E-state index in [9.17, 15) is 9.18 Å². The van der Waals surface area contributed by atoms with Crippen molar-refractivity contribution in [1.29, 1.82) is 0 Å². The van der Waals surface area contributed by atoms with E-state index in [-0.39, 0.29) is 5.91 Å². The van der Waals surface area contributed by atoms with E-state index >= 15 is 0 Å². The van der Waals surface area contributed by atoms with Crippen LogP contribution in [0.2, 0.25) is 0 Å². The number of nitrogens with one attached hydrogen (secondary N) is 1. The normalized spacial score (nSPS) is 16.8. The van der Waals surface area contributed by atoms with Gasteiger partial charge in [0.1, 0.15) is 6.17 Å². The Kier molecular flexibility index (Phi) is 4.64. The van der Waals surface area contributed by atoms with Crippen molar-refractivity contribution in [3.8, 4) is 0 Å². The highest BCUT2D eigenvalue weighted by Crippen LogP contribution is 2.36. The van der Waals surface area contributed by atoms with E-state index in [1.54, 1.807) is 0 Å². The molecular weight excluding hydrogens is 363 g/mol. The maximum Gasteiger partial charge on any atom is 0.256 e. The van der Waals surface area contributed by atoms with E-state index in [1.165, 1.54) is 5.56 Å². The molecule has 0 radical (unpaired) electrons. The maximum atomic E-state index is 13.3. The van der Waals surface area contributed by atoms with E-state index in [0.29, 0.717) is 18.4 Å². The lowest BCUT2D eigenvalue weighted by atomic mass is 10.0. The van der Waals surface area contributed by atoms with Gasteiger partial charge in [0.15, 0.2) is 0 Å². The molecule has 29 heavy (non-hydrogen) atoms. The number of nitrogens with zero attached hydrogens (tertiary/aromatic N) is 1. The average Bonchev–Trinajstić information content (AvgIpc) is 3.12. The summed E-state index contributed by atoms with van der Waals surface area (Å²) in [6.45, 7) is 2.43. The fourth-order valence-corrected chi connectivity index (χ4v) is 4.35. The summed E-state index contributed by atoms with van der Waals surface area (Å²) in [5.74, 6) is -0.0912. The number of hydrogen-bond acceptors (Lipinski definition) is 2. The molecule has 1 aliphatic carbocycles.